The van der Waals surface area contributed by atoms with Gasteiger partial charge in [-0.3, -0.25) is 15.0 Å². The molecular formula is C34H36FN5. The Hall–Kier alpha value is -4.29. The third-order valence-corrected chi connectivity index (χ3v) is 7.55. The summed E-state index contributed by atoms with van der Waals surface area (Å²) in [5.74, 6) is -0.279. The number of piperidine rings is 1. The van der Waals surface area contributed by atoms with Crippen molar-refractivity contribution in [3.05, 3.63) is 107 Å². The maximum absolute atomic E-state index is 14.7. The number of fused-ring (bicyclic) bond motifs is 1. The summed E-state index contributed by atoms with van der Waals surface area (Å²) in [5.41, 5.74) is 6.76. The number of nitrogens with one attached hydrogen (secondary N) is 2. The van der Waals surface area contributed by atoms with Crippen LogP contribution in [0.15, 0.2) is 90.8 Å². The maximum atomic E-state index is 14.7. The average Bonchev–Trinajstić information content (AvgIpc) is 3.59. The number of nitrogens with zero attached hydrogens (tertiary/aromatic N) is 3. The molecule has 1 fully saturated rings. The maximum Gasteiger partial charge on any atom is 0.131 e. The number of benzene rings is 1. The van der Waals surface area contributed by atoms with E-state index in [0.717, 1.165) is 69.2 Å². The number of rotatable bonds is 8. The molecule has 0 bridgehead atoms. The zero-order valence-corrected chi connectivity index (χ0v) is 23.3. The fraction of sp³-hybridized carbons (Fsp3) is 0.235. The lowest BCUT2D eigenvalue weighted by atomic mass is 10.0. The first-order valence-electron chi connectivity index (χ1n) is 13.9. The van der Waals surface area contributed by atoms with Gasteiger partial charge >= 0.3 is 0 Å². The van der Waals surface area contributed by atoms with Gasteiger partial charge in [-0.2, -0.15) is 5.10 Å². The Morgan fingerprint density at radius 1 is 1.10 bits per heavy atom. The van der Waals surface area contributed by atoms with Crippen molar-refractivity contribution >= 4 is 23.1 Å². The second-order valence-corrected chi connectivity index (χ2v) is 10.2. The van der Waals surface area contributed by atoms with Gasteiger partial charge in [-0.25, -0.2) is 4.39 Å². The van der Waals surface area contributed by atoms with E-state index in [1.807, 2.05) is 38.1 Å². The lowest BCUT2D eigenvalue weighted by Crippen LogP contribution is -2.31. The Morgan fingerprint density at radius 2 is 1.90 bits per heavy atom. The van der Waals surface area contributed by atoms with Crippen LogP contribution < -0.4 is 10.6 Å². The van der Waals surface area contributed by atoms with Crippen molar-refractivity contribution in [2.75, 3.05) is 19.6 Å². The second kappa shape index (κ2) is 12.3. The summed E-state index contributed by atoms with van der Waals surface area (Å²) in [6.07, 6.45) is 17.6. The first-order valence-corrected chi connectivity index (χ1v) is 13.9. The molecule has 0 radical (unpaired) electrons. The Balaban J connectivity index is 1.53. The number of hydrogen-bond acceptors (Lipinski definition) is 3. The summed E-state index contributed by atoms with van der Waals surface area (Å²) in [6, 6.07) is 8.78. The van der Waals surface area contributed by atoms with Crippen LogP contribution in [0.5, 0.6) is 0 Å². The normalized spacial score (nSPS) is 16.2. The highest BCUT2D eigenvalue weighted by Gasteiger charge is 2.15. The van der Waals surface area contributed by atoms with E-state index in [0.29, 0.717) is 5.56 Å². The van der Waals surface area contributed by atoms with Crippen LogP contribution in [0.2, 0.25) is 0 Å². The summed E-state index contributed by atoms with van der Waals surface area (Å²) in [5, 5.41) is 10.5. The van der Waals surface area contributed by atoms with Crippen LogP contribution in [0.3, 0.4) is 0 Å². The molecule has 0 spiro atoms. The lowest BCUT2D eigenvalue weighted by Gasteiger charge is -2.26. The molecule has 1 aromatic carbocycles. The third kappa shape index (κ3) is 5.68. The number of halogens is 1. The van der Waals surface area contributed by atoms with Gasteiger partial charge in [0.2, 0.25) is 0 Å². The molecule has 6 heteroatoms. The van der Waals surface area contributed by atoms with Gasteiger partial charge in [-0.05, 0) is 74.7 Å². The molecule has 1 aliphatic rings. The molecule has 0 aliphatic carbocycles. The number of hydrogen-bond donors (Lipinski definition) is 2. The number of H-pyrrole nitrogens is 2. The van der Waals surface area contributed by atoms with Gasteiger partial charge in [-0.15, -0.1) is 0 Å². The van der Waals surface area contributed by atoms with Crippen molar-refractivity contribution < 1.29 is 4.39 Å². The molecule has 0 amide bonds. The number of aromatic nitrogens is 4. The Morgan fingerprint density at radius 3 is 2.62 bits per heavy atom. The lowest BCUT2D eigenvalue weighted by molar-refractivity contribution is 0.248. The van der Waals surface area contributed by atoms with Crippen LogP contribution in [0, 0.1) is 5.82 Å². The summed E-state index contributed by atoms with van der Waals surface area (Å²) in [7, 11) is 0. The fourth-order valence-electron chi connectivity index (χ4n) is 5.37. The van der Waals surface area contributed by atoms with Gasteiger partial charge in [0.05, 0.1) is 22.8 Å². The summed E-state index contributed by atoms with van der Waals surface area (Å²) in [6.45, 7) is 15.7. The second-order valence-electron chi connectivity index (χ2n) is 10.2. The smallest absolute Gasteiger partial charge is 0.131 e. The van der Waals surface area contributed by atoms with E-state index in [4.69, 9.17) is 0 Å². The van der Waals surface area contributed by atoms with E-state index in [9.17, 15) is 4.39 Å². The van der Waals surface area contributed by atoms with Crippen LogP contribution in [-0.2, 0) is 0 Å². The standard InChI is InChI=1S/C34H36FN5/c1-5-24(22-40-15-11-8-12-16-40)18-25(6-2)23(4)17-28-31(7-3)38-39-34(28)32-19-27-29(20-36-21-33(27)37-32)26-13-9-10-14-30(26)35/h5-7,9-10,13-14,17-21,37-38H,1,4,8,11-12,15-16,22H2,2-3H3/b24-18+,25-6+,28-17+,31-7+. The molecular weight excluding hydrogens is 497 g/mol. The molecule has 204 valence electrons. The number of pyridine rings is 1. The van der Waals surface area contributed by atoms with Gasteiger partial charge < -0.3 is 4.98 Å². The molecule has 1 aliphatic heterocycles. The first-order chi connectivity index (χ1) is 19.5. The Bertz CT molecular complexity index is 1730. The molecule has 5 rings (SSSR count). The van der Waals surface area contributed by atoms with Crippen molar-refractivity contribution in [2.45, 2.75) is 33.1 Å². The van der Waals surface area contributed by atoms with Gasteiger partial charge in [0, 0.05) is 34.5 Å². The van der Waals surface area contributed by atoms with Crippen molar-refractivity contribution in [3.63, 3.8) is 0 Å². The van der Waals surface area contributed by atoms with E-state index in [-0.39, 0.29) is 5.82 Å². The third-order valence-electron chi connectivity index (χ3n) is 7.55. The number of likely N-dealkylation sites (tertiary alicyclic amines) is 1. The molecule has 40 heavy (non-hydrogen) atoms. The molecule has 0 atom stereocenters. The van der Waals surface area contributed by atoms with Crippen LogP contribution in [0.25, 0.3) is 45.6 Å². The Labute approximate surface area is 234 Å². The topological polar surface area (TPSA) is 60.6 Å². The van der Waals surface area contributed by atoms with E-state index >= 15 is 0 Å². The zero-order chi connectivity index (χ0) is 28.1. The quantitative estimate of drug-likeness (QED) is 0.256. The molecule has 3 aromatic heterocycles. The van der Waals surface area contributed by atoms with E-state index in [2.05, 4.69) is 56.5 Å². The Kier molecular flexibility index (Phi) is 8.37. The van der Waals surface area contributed by atoms with E-state index in [1.54, 1.807) is 24.5 Å². The minimum atomic E-state index is -0.279. The summed E-state index contributed by atoms with van der Waals surface area (Å²) in [4.78, 5) is 10.3. The molecule has 0 saturated carbocycles. The largest absolute Gasteiger partial charge is 0.352 e. The molecule has 0 unspecified atom stereocenters. The molecule has 4 heterocycles. The first kappa shape index (κ1) is 27.3. The summed E-state index contributed by atoms with van der Waals surface area (Å²) < 4.78 is 14.7. The summed E-state index contributed by atoms with van der Waals surface area (Å²) >= 11 is 0. The number of allylic oxidation sites excluding steroid dienone is 4. The number of aromatic amines is 2. The monoisotopic (exact) mass is 533 g/mol. The van der Waals surface area contributed by atoms with E-state index in [1.165, 1.54) is 30.9 Å². The van der Waals surface area contributed by atoms with Gasteiger partial charge in [0.15, 0.2) is 0 Å². The van der Waals surface area contributed by atoms with Crippen molar-refractivity contribution in [2.24, 2.45) is 0 Å². The minimum absolute atomic E-state index is 0.279. The highest BCUT2D eigenvalue weighted by Crippen LogP contribution is 2.31. The predicted molar refractivity (Wildman–Crippen MR) is 164 cm³/mol. The molecule has 5 nitrogen and oxygen atoms in total. The highest BCUT2D eigenvalue weighted by atomic mass is 19.1. The minimum Gasteiger partial charge on any atom is -0.352 e. The highest BCUT2D eigenvalue weighted by molar-refractivity contribution is 5.97. The van der Waals surface area contributed by atoms with Crippen molar-refractivity contribution in [3.8, 4) is 22.5 Å². The SMILES string of the molecule is C=C/C(=C\C(=C/C)C(=C)/C=c1/c(-c2cc3c(-c4ccccc4F)cncc3[nH]2)n[nH]/c1=C/C)CN1CCCCC1. The van der Waals surface area contributed by atoms with Gasteiger partial charge in [0.1, 0.15) is 11.5 Å². The van der Waals surface area contributed by atoms with Crippen molar-refractivity contribution in [1.82, 2.24) is 25.1 Å². The van der Waals surface area contributed by atoms with Crippen LogP contribution >= 0.6 is 0 Å². The van der Waals surface area contributed by atoms with E-state index < -0.39 is 0 Å². The zero-order valence-electron chi connectivity index (χ0n) is 23.3. The van der Waals surface area contributed by atoms with Gasteiger partial charge in [0.25, 0.3) is 0 Å². The van der Waals surface area contributed by atoms with Gasteiger partial charge in [-0.1, -0.05) is 62.1 Å². The average molecular weight is 534 g/mol. The molecule has 4 aromatic rings. The fourth-order valence-corrected chi connectivity index (χ4v) is 5.37. The van der Waals surface area contributed by atoms with Crippen LogP contribution in [0.4, 0.5) is 4.39 Å². The van der Waals surface area contributed by atoms with Crippen molar-refractivity contribution in [1.29, 1.82) is 0 Å². The van der Waals surface area contributed by atoms with Crippen LogP contribution in [0.1, 0.15) is 33.1 Å². The molecule has 1 saturated heterocycles. The predicted octanol–water partition coefficient (Wildman–Crippen LogP) is 6.44. The van der Waals surface area contributed by atoms with Crippen LogP contribution in [-0.4, -0.2) is 44.7 Å². The molecule has 2 N–H and O–H groups in total.